The van der Waals surface area contributed by atoms with Gasteiger partial charge in [0.05, 0.1) is 11.0 Å². The monoisotopic (exact) mass is 364 g/mol. The third-order valence-corrected chi connectivity index (χ3v) is 4.01. The molecule has 7 nitrogen and oxygen atoms in total. The molecule has 0 fully saturated rings. The smallest absolute Gasteiger partial charge is 0.303 e. The molecule has 0 aliphatic carbocycles. The van der Waals surface area contributed by atoms with Gasteiger partial charge in [-0.2, -0.15) is 0 Å². The zero-order valence-corrected chi connectivity index (χ0v) is 14.9. The molecule has 0 saturated heterocycles. The lowest BCUT2D eigenvalue weighted by atomic mass is 10.1. The van der Waals surface area contributed by atoms with Crippen LogP contribution >= 0.6 is 0 Å². The van der Waals surface area contributed by atoms with Gasteiger partial charge in [0, 0.05) is 18.4 Å². The number of aryl methyl sites for hydroxylation is 1. The molecule has 0 unspecified atom stereocenters. The van der Waals surface area contributed by atoms with Crippen LogP contribution in [0.2, 0.25) is 0 Å². The Hall–Kier alpha value is -3.48. The maximum atomic E-state index is 11.9. The highest BCUT2D eigenvalue weighted by Gasteiger charge is 2.12. The first-order valence-electron chi connectivity index (χ1n) is 8.63. The molecule has 7 heteroatoms. The number of carboxylic acids is 1. The van der Waals surface area contributed by atoms with Crippen LogP contribution in [0.15, 0.2) is 48.5 Å². The summed E-state index contributed by atoms with van der Waals surface area (Å²) in [6.45, 7) is 2.01. The summed E-state index contributed by atoms with van der Waals surface area (Å²) in [4.78, 5) is 31.7. The lowest BCUT2D eigenvalue weighted by molar-refractivity contribution is -0.137. The van der Waals surface area contributed by atoms with Gasteiger partial charge in [0.15, 0.2) is 5.82 Å². The number of amides is 1. The normalized spacial score (nSPS) is 10.6. The quantitative estimate of drug-likeness (QED) is 0.556. The van der Waals surface area contributed by atoms with E-state index in [2.05, 4.69) is 20.8 Å². The summed E-state index contributed by atoms with van der Waals surface area (Å²) in [5.41, 5.74) is 9.50. The Labute approximate surface area is 156 Å². The number of para-hydroxylation sites is 2. The number of hydrazine groups is 1. The van der Waals surface area contributed by atoms with Gasteiger partial charge in [-0.3, -0.25) is 20.4 Å². The molecule has 0 spiro atoms. The van der Waals surface area contributed by atoms with Crippen molar-refractivity contribution in [3.63, 3.8) is 0 Å². The van der Waals surface area contributed by atoms with Crippen LogP contribution in [0.3, 0.4) is 0 Å². The molecular formula is C20H20N4O3. The van der Waals surface area contributed by atoms with Gasteiger partial charge in [-0.25, -0.2) is 9.97 Å². The summed E-state index contributed by atoms with van der Waals surface area (Å²) in [7, 11) is 0. The van der Waals surface area contributed by atoms with Crippen LogP contribution in [0, 0.1) is 6.92 Å². The van der Waals surface area contributed by atoms with Gasteiger partial charge in [-0.15, -0.1) is 0 Å². The van der Waals surface area contributed by atoms with Crippen LogP contribution in [-0.2, 0) is 9.59 Å². The van der Waals surface area contributed by atoms with Crippen molar-refractivity contribution < 1.29 is 14.7 Å². The zero-order valence-electron chi connectivity index (χ0n) is 14.9. The Morgan fingerprint density at radius 1 is 0.963 bits per heavy atom. The number of benzene rings is 2. The Balaban J connectivity index is 1.84. The number of nitrogens with zero attached hydrogens (tertiary/aromatic N) is 2. The molecular weight excluding hydrogens is 344 g/mol. The topological polar surface area (TPSA) is 104 Å². The molecule has 1 amide bonds. The predicted molar refractivity (Wildman–Crippen MR) is 103 cm³/mol. The van der Waals surface area contributed by atoms with Crippen LogP contribution in [0.5, 0.6) is 0 Å². The second-order valence-corrected chi connectivity index (χ2v) is 6.20. The fourth-order valence-corrected chi connectivity index (χ4v) is 2.59. The van der Waals surface area contributed by atoms with E-state index in [0.717, 1.165) is 16.6 Å². The first-order chi connectivity index (χ1) is 13.0. The molecule has 0 bridgehead atoms. The number of anilines is 1. The molecule has 0 saturated carbocycles. The molecule has 0 radical (unpaired) electrons. The minimum atomic E-state index is -0.919. The van der Waals surface area contributed by atoms with Crippen molar-refractivity contribution in [2.24, 2.45) is 0 Å². The lowest BCUT2D eigenvalue weighted by Gasteiger charge is -2.13. The van der Waals surface area contributed by atoms with E-state index in [-0.39, 0.29) is 25.2 Å². The standard InChI is InChI=1S/C20H20N4O3/c1-13-9-11-14(12-10-13)19-20(22-16-6-3-2-5-15(16)21-19)24-23-17(25)7-4-8-18(26)27/h2-3,5-6,9-12H,4,7-8H2,1H3,(H,22,24)(H,23,25)(H,26,27). The Morgan fingerprint density at radius 3 is 2.30 bits per heavy atom. The van der Waals surface area contributed by atoms with E-state index >= 15 is 0 Å². The molecule has 1 heterocycles. The molecule has 3 rings (SSSR count). The van der Waals surface area contributed by atoms with E-state index in [1.54, 1.807) is 0 Å². The summed E-state index contributed by atoms with van der Waals surface area (Å²) >= 11 is 0. The molecule has 0 aliphatic heterocycles. The number of carboxylic acid groups (broad SMARTS) is 1. The summed E-state index contributed by atoms with van der Waals surface area (Å²) in [5, 5.41) is 8.65. The highest BCUT2D eigenvalue weighted by atomic mass is 16.4. The van der Waals surface area contributed by atoms with Gasteiger partial charge in [-0.1, -0.05) is 42.0 Å². The van der Waals surface area contributed by atoms with Crippen molar-refractivity contribution in [1.82, 2.24) is 15.4 Å². The van der Waals surface area contributed by atoms with Gasteiger partial charge < -0.3 is 5.11 Å². The third-order valence-electron chi connectivity index (χ3n) is 4.01. The molecule has 138 valence electrons. The molecule has 3 aromatic rings. The Morgan fingerprint density at radius 2 is 1.63 bits per heavy atom. The number of aromatic nitrogens is 2. The van der Waals surface area contributed by atoms with Crippen molar-refractivity contribution in [1.29, 1.82) is 0 Å². The second-order valence-electron chi connectivity index (χ2n) is 6.20. The van der Waals surface area contributed by atoms with Crippen LogP contribution < -0.4 is 10.9 Å². The van der Waals surface area contributed by atoms with Gasteiger partial charge in [-0.05, 0) is 25.5 Å². The minimum absolute atomic E-state index is 0.0438. The van der Waals surface area contributed by atoms with Crippen LogP contribution in [0.1, 0.15) is 24.8 Å². The number of rotatable bonds is 7. The molecule has 0 atom stereocenters. The first-order valence-corrected chi connectivity index (χ1v) is 8.63. The fraction of sp³-hybridized carbons (Fsp3) is 0.200. The molecule has 3 N–H and O–H groups in total. The largest absolute Gasteiger partial charge is 0.481 e. The second kappa shape index (κ2) is 8.27. The van der Waals surface area contributed by atoms with Crippen molar-refractivity contribution in [2.75, 3.05) is 5.43 Å². The number of aliphatic carboxylic acids is 1. The minimum Gasteiger partial charge on any atom is -0.481 e. The SMILES string of the molecule is Cc1ccc(-c2nc3ccccc3nc2NNC(=O)CCCC(=O)O)cc1. The number of carbonyl (C=O) groups excluding carboxylic acids is 1. The van der Waals surface area contributed by atoms with E-state index in [4.69, 9.17) is 5.11 Å². The third kappa shape index (κ3) is 4.78. The highest BCUT2D eigenvalue weighted by molar-refractivity contribution is 5.84. The van der Waals surface area contributed by atoms with E-state index in [1.165, 1.54) is 0 Å². The number of hydrogen-bond donors (Lipinski definition) is 3. The Kier molecular flexibility index (Phi) is 5.61. The van der Waals surface area contributed by atoms with Gasteiger partial charge in [0.25, 0.3) is 0 Å². The maximum Gasteiger partial charge on any atom is 0.303 e. The van der Waals surface area contributed by atoms with Crippen LogP contribution in [0.25, 0.3) is 22.3 Å². The summed E-state index contributed by atoms with van der Waals surface area (Å²) in [5.74, 6) is -0.789. The van der Waals surface area contributed by atoms with Crippen molar-refractivity contribution in [3.05, 3.63) is 54.1 Å². The predicted octanol–water partition coefficient (Wildman–Crippen LogP) is 3.30. The maximum absolute atomic E-state index is 11.9. The molecule has 27 heavy (non-hydrogen) atoms. The average molecular weight is 364 g/mol. The number of nitrogens with one attached hydrogen (secondary N) is 2. The number of fused-ring (bicyclic) bond motifs is 1. The fourth-order valence-electron chi connectivity index (χ4n) is 2.59. The van der Waals surface area contributed by atoms with E-state index < -0.39 is 5.97 Å². The average Bonchev–Trinajstić information content (AvgIpc) is 2.66. The van der Waals surface area contributed by atoms with E-state index in [1.807, 2.05) is 55.5 Å². The summed E-state index contributed by atoms with van der Waals surface area (Å²) in [6, 6.07) is 15.4. The van der Waals surface area contributed by atoms with Gasteiger partial charge in [0.1, 0.15) is 5.69 Å². The van der Waals surface area contributed by atoms with Crippen molar-refractivity contribution >= 4 is 28.7 Å². The van der Waals surface area contributed by atoms with Crippen LogP contribution in [0.4, 0.5) is 5.82 Å². The Bertz CT molecular complexity index is 971. The lowest BCUT2D eigenvalue weighted by Crippen LogP contribution is -2.30. The van der Waals surface area contributed by atoms with Crippen LogP contribution in [-0.4, -0.2) is 27.0 Å². The summed E-state index contributed by atoms with van der Waals surface area (Å²) in [6.07, 6.45) is 0.342. The van der Waals surface area contributed by atoms with Gasteiger partial charge in [0.2, 0.25) is 5.91 Å². The first kappa shape index (κ1) is 18.3. The van der Waals surface area contributed by atoms with Crippen molar-refractivity contribution in [2.45, 2.75) is 26.2 Å². The highest BCUT2D eigenvalue weighted by Crippen LogP contribution is 2.26. The van der Waals surface area contributed by atoms with E-state index in [9.17, 15) is 9.59 Å². The number of carbonyl (C=O) groups is 2. The molecule has 2 aromatic carbocycles. The van der Waals surface area contributed by atoms with E-state index in [0.29, 0.717) is 17.0 Å². The summed E-state index contributed by atoms with van der Waals surface area (Å²) < 4.78 is 0. The molecule has 0 aliphatic rings. The zero-order chi connectivity index (χ0) is 19.2. The number of hydrogen-bond acceptors (Lipinski definition) is 5. The van der Waals surface area contributed by atoms with Gasteiger partial charge >= 0.3 is 5.97 Å². The van der Waals surface area contributed by atoms with Crippen molar-refractivity contribution in [3.8, 4) is 11.3 Å². The molecule has 1 aromatic heterocycles.